The van der Waals surface area contributed by atoms with E-state index in [0.717, 1.165) is 25.9 Å². The number of aliphatic carboxylic acids is 1. The summed E-state index contributed by atoms with van der Waals surface area (Å²) in [6.07, 6.45) is 2.14. The van der Waals surface area contributed by atoms with Gasteiger partial charge in [0.25, 0.3) is 0 Å². The highest BCUT2D eigenvalue weighted by molar-refractivity contribution is 5.72. The minimum Gasteiger partial charge on any atom is -0.481 e. The summed E-state index contributed by atoms with van der Waals surface area (Å²) in [5, 5.41) is 7.91. The molecule has 5 nitrogen and oxygen atoms in total. The van der Waals surface area contributed by atoms with Crippen molar-refractivity contribution in [3.8, 4) is 0 Å². The van der Waals surface area contributed by atoms with Crippen LogP contribution in [0.1, 0.15) is 26.2 Å². The van der Waals surface area contributed by atoms with Crippen LogP contribution in [-0.2, 0) is 4.79 Å². The molecule has 0 saturated carbocycles. The van der Waals surface area contributed by atoms with Crippen LogP contribution in [-0.4, -0.2) is 35.1 Å². The summed E-state index contributed by atoms with van der Waals surface area (Å²) in [5.41, 5.74) is 4.88. The van der Waals surface area contributed by atoms with E-state index in [4.69, 9.17) is 10.8 Å². The first kappa shape index (κ1) is 11.7. The summed E-state index contributed by atoms with van der Waals surface area (Å²) in [7, 11) is 0. The zero-order valence-electron chi connectivity index (χ0n) is 7.82. The molecule has 0 unspecified atom stereocenters. The van der Waals surface area contributed by atoms with Crippen molar-refractivity contribution in [2.45, 2.75) is 26.2 Å². The monoisotopic (exact) mass is 188 g/mol. The summed E-state index contributed by atoms with van der Waals surface area (Å²) >= 11 is 0. The molecule has 0 spiro atoms. The van der Waals surface area contributed by atoms with Gasteiger partial charge in [-0.25, -0.2) is 4.79 Å². The van der Waals surface area contributed by atoms with Gasteiger partial charge in [-0.2, -0.15) is 0 Å². The second kappa shape index (κ2) is 6.28. The van der Waals surface area contributed by atoms with Gasteiger partial charge < -0.3 is 15.7 Å². The number of carbonyl (C=O) groups is 2. The van der Waals surface area contributed by atoms with E-state index in [0.29, 0.717) is 6.42 Å². The Bertz CT molecular complexity index is 178. The van der Waals surface area contributed by atoms with Gasteiger partial charge in [0.15, 0.2) is 0 Å². The largest absolute Gasteiger partial charge is 0.481 e. The zero-order valence-corrected chi connectivity index (χ0v) is 7.82. The number of primary amides is 1. The molecule has 2 amide bonds. The number of carboxylic acid groups (broad SMARTS) is 1. The molecule has 0 bridgehead atoms. The van der Waals surface area contributed by atoms with Crippen LogP contribution >= 0.6 is 0 Å². The van der Waals surface area contributed by atoms with Crippen LogP contribution in [0.15, 0.2) is 0 Å². The van der Waals surface area contributed by atoms with E-state index in [2.05, 4.69) is 0 Å². The van der Waals surface area contributed by atoms with Crippen LogP contribution in [0.5, 0.6) is 0 Å². The van der Waals surface area contributed by atoms with Gasteiger partial charge in [0, 0.05) is 19.5 Å². The average Bonchev–Trinajstić information content (AvgIpc) is 1.81. The smallest absolute Gasteiger partial charge is 0.314 e. The van der Waals surface area contributed by atoms with Crippen molar-refractivity contribution in [2.75, 3.05) is 13.1 Å². The lowest BCUT2D eigenvalue weighted by Gasteiger charge is -2.28. The number of carboxylic acids is 1. The van der Waals surface area contributed by atoms with Crippen LogP contribution in [0.4, 0.5) is 4.79 Å². The third-order valence-corrected chi connectivity index (χ3v) is 1.63. The van der Waals surface area contributed by atoms with Gasteiger partial charge in [0.2, 0.25) is 0 Å². The highest BCUT2D eigenvalue weighted by atomic mass is 16.4. The Balaban J connectivity index is 0.000000226. The van der Waals surface area contributed by atoms with Gasteiger partial charge >= 0.3 is 12.0 Å². The third-order valence-electron chi connectivity index (χ3n) is 1.63. The van der Waals surface area contributed by atoms with Crippen molar-refractivity contribution in [3.63, 3.8) is 0 Å². The van der Waals surface area contributed by atoms with E-state index >= 15 is 0 Å². The topological polar surface area (TPSA) is 83.6 Å². The van der Waals surface area contributed by atoms with Crippen LogP contribution < -0.4 is 5.73 Å². The molecule has 1 heterocycles. The van der Waals surface area contributed by atoms with Crippen LogP contribution in [0.25, 0.3) is 0 Å². The van der Waals surface area contributed by atoms with Crippen molar-refractivity contribution >= 4 is 12.0 Å². The molecule has 1 fully saturated rings. The number of carbonyl (C=O) groups excluding carboxylic acids is 1. The van der Waals surface area contributed by atoms with E-state index in [1.807, 2.05) is 6.92 Å². The predicted molar refractivity (Wildman–Crippen MR) is 48.3 cm³/mol. The molecule has 0 aromatic rings. The molecule has 5 heteroatoms. The van der Waals surface area contributed by atoms with Gasteiger partial charge in [0.1, 0.15) is 0 Å². The quantitative estimate of drug-likeness (QED) is 0.667. The lowest BCUT2D eigenvalue weighted by Crippen LogP contribution is -2.45. The van der Waals surface area contributed by atoms with E-state index in [1.165, 1.54) is 0 Å². The Labute approximate surface area is 77.5 Å². The number of nitrogens with zero attached hydrogens (tertiary/aromatic N) is 1. The maximum absolute atomic E-state index is 10.1. The molecule has 0 atom stereocenters. The first-order valence-electron chi connectivity index (χ1n) is 4.34. The molecule has 76 valence electrons. The molecule has 0 aromatic heterocycles. The molecule has 0 radical (unpaired) electrons. The molecule has 1 rings (SSSR count). The summed E-state index contributed by atoms with van der Waals surface area (Å²) < 4.78 is 0. The molecule has 1 saturated heterocycles. The van der Waals surface area contributed by atoms with E-state index in [9.17, 15) is 9.59 Å². The third kappa shape index (κ3) is 5.95. The lowest BCUT2D eigenvalue weighted by atomic mass is 10.2. The highest BCUT2D eigenvalue weighted by Crippen LogP contribution is 2.02. The van der Waals surface area contributed by atoms with Crippen molar-refractivity contribution in [1.29, 1.82) is 0 Å². The van der Waals surface area contributed by atoms with Gasteiger partial charge in [-0.15, -0.1) is 0 Å². The van der Waals surface area contributed by atoms with E-state index in [1.54, 1.807) is 4.90 Å². The Hall–Kier alpha value is -1.26. The molecule has 0 aromatic carbocycles. The van der Waals surface area contributed by atoms with Crippen molar-refractivity contribution in [3.05, 3.63) is 0 Å². The van der Waals surface area contributed by atoms with Crippen LogP contribution in [0, 0.1) is 0 Å². The standard InChI is InChI=1S/C4H8N2O.C4H8O2/c5-4(7)6-2-1-3-6;1-2-3-4(5)6/h1-3H2,(H2,5,7);2-3H2,1H3,(H,5,6). The fourth-order valence-corrected chi connectivity index (χ4v) is 0.750. The second-order valence-corrected chi connectivity index (χ2v) is 2.82. The number of nitrogens with two attached hydrogens (primary N) is 1. The summed E-state index contributed by atoms with van der Waals surface area (Å²) in [5.74, 6) is -0.711. The van der Waals surface area contributed by atoms with Gasteiger partial charge in [0.05, 0.1) is 0 Å². The van der Waals surface area contributed by atoms with E-state index in [-0.39, 0.29) is 6.03 Å². The van der Waals surface area contributed by atoms with Gasteiger partial charge in [-0.05, 0) is 12.8 Å². The molecule has 1 aliphatic rings. The Morgan fingerprint density at radius 3 is 2.00 bits per heavy atom. The maximum Gasteiger partial charge on any atom is 0.314 e. The Kier molecular flexibility index (Phi) is 5.67. The lowest BCUT2D eigenvalue weighted by molar-refractivity contribution is -0.137. The summed E-state index contributed by atoms with van der Waals surface area (Å²) in [6, 6.07) is -0.286. The van der Waals surface area contributed by atoms with Gasteiger partial charge in [-0.3, -0.25) is 4.79 Å². The number of urea groups is 1. The number of likely N-dealkylation sites (tertiary alicyclic amines) is 1. The predicted octanol–water partition coefficient (Wildman–Crippen LogP) is 0.642. The number of rotatable bonds is 2. The summed E-state index contributed by atoms with van der Waals surface area (Å²) in [4.78, 5) is 21.3. The van der Waals surface area contributed by atoms with Gasteiger partial charge in [-0.1, -0.05) is 6.92 Å². The first-order valence-corrected chi connectivity index (χ1v) is 4.34. The molecule has 0 aliphatic carbocycles. The Morgan fingerprint density at radius 2 is 2.00 bits per heavy atom. The number of amides is 2. The fourth-order valence-electron chi connectivity index (χ4n) is 0.750. The number of hydrogen-bond donors (Lipinski definition) is 2. The molecule has 3 N–H and O–H groups in total. The zero-order chi connectivity index (χ0) is 10.3. The van der Waals surface area contributed by atoms with Crippen LogP contribution in [0.2, 0.25) is 0 Å². The molecule has 1 aliphatic heterocycles. The highest BCUT2D eigenvalue weighted by Gasteiger charge is 2.15. The first-order chi connectivity index (χ1) is 6.07. The Morgan fingerprint density at radius 1 is 1.46 bits per heavy atom. The molecule has 13 heavy (non-hydrogen) atoms. The molecular weight excluding hydrogens is 172 g/mol. The second-order valence-electron chi connectivity index (χ2n) is 2.82. The number of hydrogen-bond acceptors (Lipinski definition) is 2. The SMILES string of the molecule is CCCC(=O)O.NC(=O)N1CCC1. The van der Waals surface area contributed by atoms with Crippen molar-refractivity contribution in [1.82, 2.24) is 4.90 Å². The minimum absolute atomic E-state index is 0.286. The fraction of sp³-hybridized carbons (Fsp3) is 0.750. The normalized spacial score (nSPS) is 13.8. The van der Waals surface area contributed by atoms with Crippen molar-refractivity contribution < 1.29 is 14.7 Å². The summed E-state index contributed by atoms with van der Waals surface area (Å²) in [6.45, 7) is 3.55. The molecular formula is C8H16N2O3. The van der Waals surface area contributed by atoms with Crippen molar-refractivity contribution in [2.24, 2.45) is 5.73 Å². The average molecular weight is 188 g/mol. The maximum atomic E-state index is 10.1. The van der Waals surface area contributed by atoms with Crippen LogP contribution in [0.3, 0.4) is 0 Å². The minimum atomic E-state index is -0.711. The van der Waals surface area contributed by atoms with E-state index < -0.39 is 5.97 Å².